The van der Waals surface area contributed by atoms with Crippen LogP contribution in [0.2, 0.25) is 32.2 Å². The first-order valence-corrected chi connectivity index (χ1v) is 34.1. The number of para-hydroxylation sites is 6. The van der Waals surface area contributed by atoms with Gasteiger partial charge in [-0.1, -0.05) is 170 Å². The smallest absolute Gasteiger partial charge is 0.186 e. The molecule has 0 amide bonds. The van der Waals surface area contributed by atoms with E-state index in [0.717, 1.165) is 65.0 Å². The van der Waals surface area contributed by atoms with Crippen molar-refractivity contribution in [1.29, 1.82) is 0 Å². The van der Waals surface area contributed by atoms with E-state index in [1.54, 1.807) is 7.11 Å². The monoisotopic (exact) mass is 1100 g/mol. The van der Waals surface area contributed by atoms with E-state index in [9.17, 15) is 0 Å². The highest BCUT2D eigenvalue weighted by atomic mass is 28.4. The van der Waals surface area contributed by atoms with Gasteiger partial charge in [0.2, 0.25) is 0 Å². The first-order chi connectivity index (χ1) is 39.6. The van der Waals surface area contributed by atoms with Crippen LogP contribution >= 0.6 is 0 Å². The molecule has 0 radical (unpaired) electrons. The van der Waals surface area contributed by atoms with Crippen molar-refractivity contribution in [3.8, 4) is 22.3 Å². The van der Waals surface area contributed by atoms with Crippen molar-refractivity contribution >= 4 is 74.2 Å². The highest BCUT2D eigenvalue weighted by Gasteiger charge is 2.20. The van der Waals surface area contributed by atoms with Crippen LogP contribution in [0, 0.1) is 0 Å². The molecule has 0 saturated heterocycles. The highest BCUT2D eigenvalue weighted by molar-refractivity contribution is 6.71. The fourth-order valence-corrected chi connectivity index (χ4v) is 10.8. The van der Waals surface area contributed by atoms with Gasteiger partial charge in [-0.05, 0) is 182 Å². The topological polar surface area (TPSA) is 31.4 Å². The predicted molar refractivity (Wildman–Crippen MR) is 355 cm³/mol. The van der Waals surface area contributed by atoms with Gasteiger partial charge in [0, 0.05) is 84.2 Å². The molecule has 6 nitrogen and oxygen atoms in total. The molecule has 0 aromatic heterocycles. The van der Waals surface area contributed by atoms with E-state index in [0.29, 0.717) is 0 Å². The van der Waals surface area contributed by atoms with Crippen molar-refractivity contribution in [3.63, 3.8) is 0 Å². The average Bonchev–Trinajstić information content (AvgIpc) is 3.58. The fraction of sp³-hybridized carbons (Fsp3) is 0.151. The van der Waals surface area contributed by atoms with Crippen LogP contribution in [-0.2, 0) is 8.85 Å². The van der Waals surface area contributed by atoms with Crippen LogP contribution in [0.4, 0.5) is 56.9 Å². The molecule has 0 N–H and O–H groups in total. The van der Waals surface area contributed by atoms with Gasteiger partial charge in [-0.3, -0.25) is 0 Å². The minimum Gasteiger partial charge on any atom is -0.424 e. The first kappa shape index (κ1) is 58.6. The summed E-state index contributed by atoms with van der Waals surface area (Å²) in [4.78, 5) is 9.27. The van der Waals surface area contributed by atoms with Crippen LogP contribution in [0.1, 0.15) is 12.8 Å². The molecule has 0 aliphatic rings. The van der Waals surface area contributed by atoms with Crippen LogP contribution in [0.25, 0.3) is 22.3 Å². The second kappa shape index (κ2) is 30.2. The summed E-state index contributed by atoms with van der Waals surface area (Å²) < 4.78 is 10.6. The SMILES string of the molecule is C=CCN(c1ccccc1)c1ccc(-c2ccc(N(c3ccccc3)c3ccccc3)cc2)cc1.CO[SiH](C)C.CO[Si](C)(C)CCCCN(c1ccccc1)c1ccc(-c2ccc(N(c3ccccc3)c3ccccc3)cc2)cc1. The van der Waals surface area contributed by atoms with Crippen LogP contribution in [0.3, 0.4) is 0 Å². The Morgan fingerprint density at radius 3 is 0.889 bits per heavy atom. The fourth-order valence-electron chi connectivity index (χ4n) is 9.51. The van der Waals surface area contributed by atoms with E-state index in [1.807, 2.05) is 31.4 Å². The maximum atomic E-state index is 5.76. The Morgan fingerprint density at radius 1 is 0.358 bits per heavy atom. The number of unbranched alkanes of at least 4 members (excludes halogenated alkanes) is 1. The second-order valence-electron chi connectivity index (χ2n) is 20.6. The molecule has 81 heavy (non-hydrogen) atoms. The Hall–Kier alpha value is -8.51. The van der Waals surface area contributed by atoms with Gasteiger partial charge in [0.05, 0.1) is 0 Å². The lowest BCUT2D eigenvalue weighted by molar-refractivity contribution is 0.401. The summed E-state index contributed by atoms with van der Waals surface area (Å²) in [6.45, 7) is 14.6. The lowest BCUT2D eigenvalue weighted by Gasteiger charge is -2.26. The molecule has 0 spiro atoms. The summed E-state index contributed by atoms with van der Waals surface area (Å²) in [5.41, 5.74) is 16.4. The lowest BCUT2D eigenvalue weighted by Crippen LogP contribution is -2.28. The lowest BCUT2D eigenvalue weighted by atomic mass is 10.0. The Kier molecular flexibility index (Phi) is 21.8. The molecule has 0 atom stereocenters. The van der Waals surface area contributed by atoms with Gasteiger partial charge in [-0.2, -0.15) is 0 Å². The van der Waals surface area contributed by atoms with Gasteiger partial charge >= 0.3 is 0 Å². The van der Waals surface area contributed by atoms with Crippen molar-refractivity contribution in [3.05, 3.63) is 292 Å². The average molecular weight is 1100 g/mol. The maximum Gasteiger partial charge on any atom is 0.186 e. The molecule has 0 saturated carbocycles. The van der Waals surface area contributed by atoms with Crippen molar-refractivity contribution in [2.24, 2.45) is 0 Å². The standard InChI is InChI=1S/C37H40N2OSi.C33H28N2.C3H10OSi/c1-40-41(2,3)30-14-13-29-38(33-15-7-4-8-16-33)34-25-21-31(22-26-34)32-23-27-37(28-24-32)39(35-17-9-5-10-18-35)36-19-11-6-12-20-36;1-2-26-34(29-12-6-3-7-13-29)30-22-18-27(19-23-30)28-20-24-33(25-21-28)35(31-14-8-4-9-15-31)32-16-10-5-11-17-32;1-4-5(2)3/h4-12,15-28H,13-14,29-30H2,1-3H3;2-25H,1,26H2;5H,1-3H3. The number of hydrogen-bond acceptors (Lipinski definition) is 6. The van der Waals surface area contributed by atoms with E-state index >= 15 is 0 Å². The Bertz CT molecular complexity index is 3280. The van der Waals surface area contributed by atoms with Gasteiger partial charge < -0.3 is 28.5 Å². The van der Waals surface area contributed by atoms with E-state index in [-0.39, 0.29) is 0 Å². The summed E-state index contributed by atoms with van der Waals surface area (Å²) in [6, 6.07) is 99.7. The summed E-state index contributed by atoms with van der Waals surface area (Å²) >= 11 is 0. The highest BCUT2D eigenvalue weighted by Crippen LogP contribution is 2.38. The third-order valence-electron chi connectivity index (χ3n) is 14.2. The largest absolute Gasteiger partial charge is 0.424 e. The minimum absolute atomic E-state index is 0.650. The van der Waals surface area contributed by atoms with Crippen molar-refractivity contribution in [1.82, 2.24) is 0 Å². The zero-order chi connectivity index (χ0) is 56.7. The van der Waals surface area contributed by atoms with Crippen LogP contribution in [0.5, 0.6) is 0 Å². The van der Waals surface area contributed by atoms with Gasteiger partial charge in [0.25, 0.3) is 0 Å². The molecule has 410 valence electrons. The molecule has 10 aromatic carbocycles. The number of rotatable bonds is 21. The van der Waals surface area contributed by atoms with Crippen LogP contribution in [-0.4, -0.2) is 44.7 Å². The van der Waals surface area contributed by atoms with Gasteiger partial charge in [0.15, 0.2) is 17.4 Å². The van der Waals surface area contributed by atoms with E-state index < -0.39 is 17.4 Å². The summed E-state index contributed by atoms with van der Waals surface area (Å²) in [5.74, 6) is 0. The summed E-state index contributed by atoms with van der Waals surface area (Å²) in [5, 5.41) is 0. The first-order valence-electron chi connectivity index (χ1n) is 28.2. The van der Waals surface area contributed by atoms with Gasteiger partial charge in [-0.25, -0.2) is 0 Å². The van der Waals surface area contributed by atoms with Crippen molar-refractivity contribution in [2.45, 2.75) is 45.1 Å². The zero-order valence-electron chi connectivity index (χ0n) is 48.1. The maximum absolute atomic E-state index is 5.76. The van der Waals surface area contributed by atoms with Gasteiger partial charge in [-0.15, -0.1) is 6.58 Å². The quantitative estimate of drug-likeness (QED) is 0.0405. The number of nitrogens with zero attached hydrogens (tertiary/aromatic N) is 4. The number of hydrogen-bond donors (Lipinski definition) is 0. The second-order valence-corrected chi connectivity index (χ2v) is 27.6. The van der Waals surface area contributed by atoms with Crippen molar-refractivity contribution in [2.75, 3.05) is 46.9 Å². The normalized spacial score (nSPS) is 10.9. The number of anilines is 10. The molecule has 8 heteroatoms. The zero-order valence-corrected chi connectivity index (χ0v) is 50.2. The summed E-state index contributed by atoms with van der Waals surface area (Å²) in [7, 11) is 1.45. The van der Waals surface area contributed by atoms with Crippen molar-refractivity contribution < 1.29 is 8.85 Å². The molecule has 10 aromatic rings. The predicted octanol–water partition coefficient (Wildman–Crippen LogP) is 20.4. The molecule has 0 heterocycles. The summed E-state index contributed by atoms with van der Waals surface area (Å²) in [6.07, 6.45) is 4.26. The third-order valence-corrected chi connectivity index (χ3v) is 17.8. The molecule has 0 aliphatic heterocycles. The molecule has 10 rings (SSSR count). The number of benzene rings is 10. The minimum atomic E-state index is -1.52. The van der Waals surface area contributed by atoms with E-state index in [4.69, 9.17) is 8.85 Å². The Labute approximate surface area is 486 Å². The van der Waals surface area contributed by atoms with Crippen LogP contribution < -0.4 is 19.6 Å². The Morgan fingerprint density at radius 2 is 0.605 bits per heavy atom. The molecule has 0 bridgehead atoms. The molecule has 0 fully saturated rings. The molecular weight excluding hydrogens is 1020 g/mol. The molecule has 0 aliphatic carbocycles. The van der Waals surface area contributed by atoms with E-state index in [1.165, 1.54) is 46.1 Å². The van der Waals surface area contributed by atoms with Crippen LogP contribution in [0.15, 0.2) is 292 Å². The molecular formula is C73H78N4O2Si2. The van der Waals surface area contributed by atoms with Gasteiger partial charge in [0.1, 0.15) is 0 Å². The molecule has 0 unspecified atom stereocenters. The van der Waals surface area contributed by atoms with E-state index in [2.05, 4.69) is 313 Å². The Balaban J connectivity index is 0.000000198. The third kappa shape index (κ3) is 16.8.